The summed E-state index contributed by atoms with van der Waals surface area (Å²) >= 11 is 0. The summed E-state index contributed by atoms with van der Waals surface area (Å²) in [6, 6.07) is 6.63. The molecule has 5 heteroatoms. The lowest BCUT2D eigenvalue weighted by Crippen LogP contribution is -2.48. The van der Waals surface area contributed by atoms with Crippen LogP contribution in [0.15, 0.2) is 30.5 Å². The highest BCUT2D eigenvalue weighted by Gasteiger charge is 2.36. The summed E-state index contributed by atoms with van der Waals surface area (Å²) in [6.45, 7) is 7.31. The topological polar surface area (TPSA) is 37.7 Å². The van der Waals surface area contributed by atoms with E-state index < -0.39 is 0 Å². The maximum Gasteiger partial charge on any atom is 0.230 e. The van der Waals surface area contributed by atoms with Crippen LogP contribution in [0.25, 0.3) is 16.5 Å². The average molecular weight is 353 g/mol. The van der Waals surface area contributed by atoms with Gasteiger partial charge in [-0.15, -0.1) is 0 Å². The van der Waals surface area contributed by atoms with Crippen LogP contribution in [0.1, 0.15) is 19.4 Å². The molecule has 1 amide bonds. The fraction of sp³-hybridized carbons (Fsp3) is 0.476. The van der Waals surface area contributed by atoms with Crippen molar-refractivity contribution in [3.05, 3.63) is 36.0 Å². The number of amides is 1. The van der Waals surface area contributed by atoms with Crippen LogP contribution in [0.2, 0.25) is 0 Å². The third kappa shape index (κ3) is 2.45. The van der Waals surface area contributed by atoms with Crippen molar-refractivity contribution in [3.8, 4) is 5.75 Å². The van der Waals surface area contributed by atoms with Crippen LogP contribution < -0.4 is 4.74 Å². The number of benzene rings is 1. The predicted octanol–water partition coefficient (Wildman–Crippen LogP) is 2.85. The predicted molar refractivity (Wildman–Crippen MR) is 104 cm³/mol. The minimum atomic E-state index is -0.0789. The van der Waals surface area contributed by atoms with E-state index in [1.807, 2.05) is 24.8 Å². The second-order valence-corrected chi connectivity index (χ2v) is 7.24. The lowest BCUT2D eigenvalue weighted by Gasteiger charge is -2.41. The molecule has 3 heterocycles. The van der Waals surface area contributed by atoms with Gasteiger partial charge in [-0.25, -0.2) is 0 Å². The highest BCUT2D eigenvalue weighted by molar-refractivity contribution is 5.99. The number of methoxy groups -OCH3 is 1. The van der Waals surface area contributed by atoms with E-state index in [1.165, 1.54) is 16.7 Å². The van der Waals surface area contributed by atoms with Gasteiger partial charge in [0.2, 0.25) is 5.91 Å². The van der Waals surface area contributed by atoms with E-state index in [0.29, 0.717) is 6.04 Å². The lowest BCUT2D eigenvalue weighted by molar-refractivity contribution is -0.134. The Hall–Kier alpha value is -2.27. The molecule has 26 heavy (non-hydrogen) atoms. The normalized spacial score (nSPS) is 22.1. The fourth-order valence-electron chi connectivity index (χ4n) is 4.53. The molecule has 0 unspecified atom stereocenters. The highest BCUT2D eigenvalue weighted by Crippen LogP contribution is 2.41. The molecular formula is C21H27N3O2. The third-order valence-corrected chi connectivity index (χ3v) is 5.93. The number of nitrogens with zero attached hydrogens (tertiary/aromatic N) is 3. The van der Waals surface area contributed by atoms with Gasteiger partial charge in [-0.05, 0) is 44.7 Å². The number of hydrogen-bond donors (Lipinski definition) is 0. The Morgan fingerprint density at radius 1 is 1.23 bits per heavy atom. The highest BCUT2D eigenvalue weighted by atomic mass is 16.5. The van der Waals surface area contributed by atoms with Crippen LogP contribution >= 0.6 is 0 Å². The fourth-order valence-corrected chi connectivity index (χ4v) is 4.53. The second-order valence-electron chi connectivity index (χ2n) is 7.24. The molecule has 0 saturated heterocycles. The molecule has 2 aromatic rings. The zero-order chi connectivity index (χ0) is 18.4. The smallest absolute Gasteiger partial charge is 0.230 e. The zero-order valence-electron chi connectivity index (χ0n) is 16.0. The molecule has 0 radical (unpaired) electrons. The van der Waals surface area contributed by atoms with Crippen molar-refractivity contribution in [1.29, 1.82) is 0 Å². The van der Waals surface area contributed by atoms with Crippen LogP contribution in [0.5, 0.6) is 5.75 Å². The van der Waals surface area contributed by atoms with E-state index in [2.05, 4.69) is 40.9 Å². The maximum atomic E-state index is 12.9. The van der Waals surface area contributed by atoms with Gasteiger partial charge in [0, 0.05) is 43.3 Å². The Bertz CT molecular complexity index is 879. The van der Waals surface area contributed by atoms with E-state index in [9.17, 15) is 4.79 Å². The molecule has 1 aromatic heterocycles. The van der Waals surface area contributed by atoms with Gasteiger partial charge >= 0.3 is 0 Å². The average Bonchev–Trinajstić information content (AvgIpc) is 3.08. The van der Waals surface area contributed by atoms with Gasteiger partial charge in [0.15, 0.2) is 0 Å². The minimum Gasteiger partial charge on any atom is -0.496 e. The quantitative estimate of drug-likeness (QED) is 0.848. The molecule has 2 aliphatic heterocycles. The van der Waals surface area contributed by atoms with E-state index >= 15 is 0 Å². The van der Waals surface area contributed by atoms with Crippen LogP contribution in [-0.2, 0) is 11.3 Å². The van der Waals surface area contributed by atoms with Crippen molar-refractivity contribution in [1.82, 2.24) is 14.4 Å². The molecule has 1 aromatic carbocycles. The first-order chi connectivity index (χ1) is 12.6. The standard InChI is InChI=1S/C21H27N3O2/c1-5-23(6-2)21(25)14-11-17-15-7-8-19(26-4)16-9-10-24(20(15)16)13-18(17)22(3)12-14/h7-11,14,18H,5-6,12-13H2,1-4H3/t14-,18-/m0/s1. The van der Waals surface area contributed by atoms with E-state index in [4.69, 9.17) is 4.74 Å². The van der Waals surface area contributed by atoms with Gasteiger partial charge < -0.3 is 14.2 Å². The number of hydrogen-bond acceptors (Lipinski definition) is 3. The molecule has 0 fully saturated rings. The molecule has 0 saturated carbocycles. The Labute approximate surface area is 154 Å². The van der Waals surface area contributed by atoms with Gasteiger partial charge in [0.25, 0.3) is 0 Å². The Kier molecular flexibility index (Phi) is 4.27. The van der Waals surface area contributed by atoms with Gasteiger partial charge in [0.1, 0.15) is 5.75 Å². The Morgan fingerprint density at radius 2 is 2.00 bits per heavy atom. The van der Waals surface area contributed by atoms with Crippen molar-refractivity contribution in [2.24, 2.45) is 5.92 Å². The molecular weight excluding hydrogens is 326 g/mol. The summed E-state index contributed by atoms with van der Waals surface area (Å²) in [5.41, 5.74) is 3.73. The number of rotatable bonds is 4. The zero-order valence-corrected chi connectivity index (χ0v) is 16.0. The summed E-state index contributed by atoms with van der Waals surface area (Å²) in [5.74, 6) is 1.06. The largest absolute Gasteiger partial charge is 0.496 e. The second kappa shape index (κ2) is 6.47. The number of carbonyl (C=O) groups excluding carboxylic acids is 1. The number of aromatic nitrogens is 1. The van der Waals surface area contributed by atoms with E-state index in [-0.39, 0.29) is 11.8 Å². The van der Waals surface area contributed by atoms with Crippen molar-refractivity contribution >= 4 is 22.4 Å². The monoisotopic (exact) mass is 353 g/mol. The summed E-state index contributed by atoms with van der Waals surface area (Å²) in [4.78, 5) is 17.2. The minimum absolute atomic E-state index is 0.0789. The van der Waals surface area contributed by atoms with Crippen molar-refractivity contribution in [2.75, 3.05) is 33.8 Å². The Balaban J connectivity index is 1.82. The number of fused-ring (bicyclic) bond motifs is 2. The SMILES string of the molecule is CCN(CC)C(=O)[C@H]1C=C2c3ccc(OC)c4ccn(c34)C[C@@H]2N(C)C1. The first kappa shape index (κ1) is 17.2. The van der Waals surface area contributed by atoms with Crippen molar-refractivity contribution in [2.45, 2.75) is 26.4 Å². The maximum absolute atomic E-state index is 12.9. The summed E-state index contributed by atoms with van der Waals surface area (Å²) in [5, 5.41) is 1.14. The van der Waals surface area contributed by atoms with E-state index in [1.54, 1.807) is 7.11 Å². The lowest BCUT2D eigenvalue weighted by atomic mass is 9.85. The summed E-state index contributed by atoms with van der Waals surface area (Å²) in [7, 11) is 3.85. The molecule has 2 aliphatic rings. The van der Waals surface area contributed by atoms with Gasteiger partial charge in [0.05, 0.1) is 24.6 Å². The molecule has 2 atom stereocenters. The van der Waals surface area contributed by atoms with Crippen molar-refractivity contribution in [3.63, 3.8) is 0 Å². The molecule has 0 aliphatic carbocycles. The van der Waals surface area contributed by atoms with Gasteiger partial charge in [-0.1, -0.05) is 6.08 Å². The van der Waals surface area contributed by atoms with Crippen LogP contribution in [-0.4, -0.2) is 60.1 Å². The molecule has 5 nitrogen and oxygen atoms in total. The van der Waals surface area contributed by atoms with Gasteiger partial charge in [-0.3, -0.25) is 9.69 Å². The number of carbonyl (C=O) groups is 1. The molecule has 0 N–H and O–H groups in total. The first-order valence-electron chi connectivity index (χ1n) is 9.45. The molecule has 138 valence electrons. The van der Waals surface area contributed by atoms with Crippen molar-refractivity contribution < 1.29 is 9.53 Å². The summed E-state index contributed by atoms with van der Waals surface area (Å²) in [6.07, 6.45) is 4.37. The summed E-state index contributed by atoms with van der Waals surface area (Å²) < 4.78 is 7.86. The first-order valence-corrected chi connectivity index (χ1v) is 9.45. The molecule has 0 spiro atoms. The van der Waals surface area contributed by atoms with Crippen LogP contribution in [0.3, 0.4) is 0 Å². The van der Waals surface area contributed by atoms with Crippen LogP contribution in [0, 0.1) is 5.92 Å². The molecule has 4 rings (SSSR count). The van der Waals surface area contributed by atoms with Gasteiger partial charge in [-0.2, -0.15) is 0 Å². The number of likely N-dealkylation sites (N-methyl/N-ethyl adjacent to an activating group) is 1. The van der Waals surface area contributed by atoms with Crippen LogP contribution in [0.4, 0.5) is 0 Å². The Morgan fingerprint density at radius 3 is 2.69 bits per heavy atom. The number of ether oxygens (including phenoxy) is 1. The molecule has 0 bridgehead atoms. The third-order valence-electron chi connectivity index (χ3n) is 5.93. The van der Waals surface area contributed by atoms with E-state index in [0.717, 1.165) is 37.3 Å².